The molecule has 1 aromatic heterocycles. The molecular formula is C16H18ClNO3. The number of para-hydroxylation sites is 1. The number of benzene rings is 1. The summed E-state index contributed by atoms with van der Waals surface area (Å²) in [6, 6.07) is 9.43. The normalized spacial score (nSPS) is 19.4. The summed E-state index contributed by atoms with van der Waals surface area (Å²) in [5.41, 5.74) is 1.05. The Morgan fingerprint density at radius 1 is 1.33 bits per heavy atom. The number of rotatable bonds is 4. The molecule has 0 spiro atoms. The number of ether oxygens (including phenoxy) is 1. The van der Waals surface area contributed by atoms with E-state index in [1.807, 2.05) is 18.2 Å². The zero-order valence-electron chi connectivity index (χ0n) is 11.6. The molecule has 1 aromatic carbocycles. The topological polar surface area (TPSA) is 54.6 Å². The largest absolute Gasteiger partial charge is 0.492 e. The van der Waals surface area contributed by atoms with Gasteiger partial charge in [-0.2, -0.15) is 0 Å². The maximum atomic E-state index is 10.1. The summed E-state index contributed by atoms with van der Waals surface area (Å²) in [6.45, 7) is 1.08. The van der Waals surface area contributed by atoms with E-state index in [4.69, 9.17) is 20.8 Å². The smallest absolute Gasteiger partial charge is 0.142 e. The fraction of sp³-hybridized carbons (Fsp3) is 0.375. The lowest BCUT2D eigenvalue weighted by Crippen LogP contribution is -2.26. The number of hydrogen-bond acceptors (Lipinski definition) is 4. The molecule has 2 N–H and O–H groups in total. The van der Waals surface area contributed by atoms with E-state index in [1.54, 1.807) is 18.4 Å². The van der Waals surface area contributed by atoms with Crippen LogP contribution in [0.5, 0.6) is 5.75 Å². The zero-order valence-corrected chi connectivity index (χ0v) is 12.3. The van der Waals surface area contributed by atoms with Crippen molar-refractivity contribution in [3.63, 3.8) is 0 Å². The first-order chi connectivity index (χ1) is 10.3. The Kier molecular flexibility index (Phi) is 4.48. The molecule has 112 valence electrons. The van der Waals surface area contributed by atoms with Gasteiger partial charge in [0, 0.05) is 18.2 Å². The van der Waals surface area contributed by atoms with Gasteiger partial charge in [0.1, 0.15) is 17.6 Å². The number of fused-ring (bicyclic) bond motifs is 1. The monoisotopic (exact) mass is 307 g/mol. The van der Waals surface area contributed by atoms with Crippen LogP contribution in [0.25, 0.3) is 0 Å². The minimum atomic E-state index is -0.660. The van der Waals surface area contributed by atoms with Crippen LogP contribution in [0, 0.1) is 0 Å². The Balaban J connectivity index is 1.72. The summed E-state index contributed by atoms with van der Waals surface area (Å²) < 4.78 is 10.9. The zero-order chi connectivity index (χ0) is 14.7. The molecule has 2 unspecified atom stereocenters. The van der Waals surface area contributed by atoms with Crippen molar-refractivity contribution in [2.45, 2.75) is 25.0 Å². The molecule has 0 aliphatic carbocycles. The van der Waals surface area contributed by atoms with Crippen LogP contribution in [-0.4, -0.2) is 18.3 Å². The maximum Gasteiger partial charge on any atom is 0.142 e. The third-order valence-electron chi connectivity index (χ3n) is 3.69. The summed E-state index contributed by atoms with van der Waals surface area (Å²) in [5, 5.41) is 14.1. The average Bonchev–Trinajstić information content (AvgIpc) is 2.94. The first-order valence-electron chi connectivity index (χ1n) is 7.12. The van der Waals surface area contributed by atoms with Crippen LogP contribution >= 0.6 is 11.6 Å². The first kappa shape index (κ1) is 14.4. The molecular weight excluding hydrogens is 290 g/mol. The van der Waals surface area contributed by atoms with Crippen molar-refractivity contribution in [3.05, 3.63) is 52.9 Å². The van der Waals surface area contributed by atoms with Gasteiger partial charge in [0.2, 0.25) is 0 Å². The minimum absolute atomic E-state index is 0.116. The van der Waals surface area contributed by atoms with Gasteiger partial charge in [-0.3, -0.25) is 0 Å². The van der Waals surface area contributed by atoms with Crippen molar-refractivity contribution in [3.8, 4) is 5.75 Å². The summed E-state index contributed by atoms with van der Waals surface area (Å²) in [5.74, 6) is 1.32. The number of halogens is 1. The predicted octanol–water partition coefficient (Wildman–Crippen LogP) is 3.47. The van der Waals surface area contributed by atoms with Gasteiger partial charge >= 0.3 is 0 Å². The fourth-order valence-electron chi connectivity index (χ4n) is 2.62. The third kappa shape index (κ3) is 3.23. The Morgan fingerprint density at radius 3 is 3.05 bits per heavy atom. The van der Waals surface area contributed by atoms with E-state index in [9.17, 15) is 5.11 Å². The van der Waals surface area contributed by atoms with E-state index in [-0.39, 0.29) is 6.04 Å². The van der Waals surface area contributed by atoms with Crippen LogP contribution < -0.4 is 10.1 Å². The Morgan fingerprint density at radius 2 is 2.24 bits per heavy atom. The van der Waals surface area contributed by atoms with Crippen LogP contribution in [0.15, 0.2) is 41.0 Å². The molecule has 1 aliphatic heterocycles. The van der Waals surface area contributed by atoms with Crippen molar-refractivity contribution < 1.29 is 14.3 Å². The molecule has 0 saturated carbocycles. The van der Waals surface area contributed by atoms with E-state index in [0.29, 0.717) is 23.9 Å². The molecule has 0 bridgehead atoms. The van der Waals surface area contributed by atoms with Gasteiger partial charge in [0.05, 0.1) is 17.9 Å². The van der Waals surface area contributed by atoms with Crippen molar-refractivity contribution in [2.75, 3.05) is 13.2 Å². The fourth-order valence-corrected chi connectivity index (χ4v) is 2.85. The van der Waals surface area contributed by atoms with Crippen LogP contribution in [-0.2, 0) is 0 Å². The van der Waals surface area contributed by atoms with Gasteiger partial charge in [-0.1, -0.05) is 23.7 Å². The first-order valence-corrected chi connectivity index (χ1v) is 7.49. The van der Waals surface area contributed by atoms with Gasteiger partial charge in [0.15, 0.2) is 0 Å². The number of nitrogens with one attached hydrogen (secondary N) is 1. The highest BCUT2D eigenvalue weighted by atomic mass is 35.5. The maximum absolute atomic E-state index is 10.1. The van der Waals surface area contributed by atoms with Crippen LogP contribution in [0.1, 0.15) is 36.3 Å². The van der Waals surface area contributed by atoms with Crippen LogP contribution in [0.4, 0.5) is 0 Å². The Labute approximate surface area is 128 Å². The molecule has 2 heterocycles. The molecule has 0 fully saturated rings. The molecule has 0 amide bonds. The molecule has 5 heteroatoms. The number of hydrogen-bond donors (Lipinski definition) is 2. The quantitative estimate of drug-likeness (QED) is 0.908. The van der Waals surface area contributed by atoms with Gasteiger partial charge in [-0.05, 0) is 31.0 Å². The van der Waals surface area contributed by atoms with Gasteiger partial charge < -0.3 is 19.6 Å². The SMILES string of the molecule is OC(CNC1CCCOc2c(Cl)cccc21)c1ccco1. The summed E-state index contributed by atoms with van der Waals surface area (Å²) in [7, 11) is 0. The summed E-state index contributed by atoms with van der Waals surface area (Å²) >= 11 is 6.21. The minimum Gasteiger partial charge on any atom is -0.492 e. The van der Waals surface area contributed by atoms with E-state index in [0.717, 1.165) is 24.2 Å². The van der Waals surface area contributed by atoms with Crippen LogP contribution in [0.3, 0.4) is 0 Å². The molecule has 3 rings (SSSR count). The van der Waals surface area contributed by atoms with Crippen molar-refractivity contribution in [1.82, 2.24) is 5.32 Å². The Hall–Kier alpha value is -1.49. The predicted molar refractivity (Wildman–Crippen MR) is 80.6 cm³/mol. The van der Waals surface area contributed by atoms with E-state index < -0.39 is 6.10 Å². The summed E-state index contributed by atoms with van der Waals surface area (Å²) in [6.07, 6.45) is 2.79. The second kappa shape index (κ2) is 6.52. The third-order valence-corrected chi connectivity index (χ3v) is 3.98. The highest BCUT2D eigenvalue weighted by Crippen LogP contribution is 2.37. The van der Waals surface area contributed by atoms with Gasteiger partial charge in [-0.15, -0.1) is 0 Å². The second-order valence-electron chi connectivity index (χ2n) is 5.14. The number of furan rings is 1. The second-order valence-corrected chi connectivity index (χ2v) is 5.55. The Bertz CT molecular complexity index is 585. The number of aliphatic hydroxyl groups is 1. The molecule has 0 radical (unpaired) electrons. The van der Waals surface area contributed by atoms with Crippen molar-refractivity contribution in [2.24, 2.45) is 0 Å². The van der Waals surface area contributed by atoms with E-state index in [1.165, 1.54) is 0 Å². The van der Waals surface area contributed by atoms with Crippen LogP contribution in [0.2, 0.25) is 5.02 Å². The average molecular weight is 308 g/mol. The van der Waals surface area contributed by atoms with E-state index in [2.05, 4.69) is 5.32 Å². The molecule has 1 aliphatic rings. The van der Waals surface area contributed by atoms with Crippen molar-refractivity contribution in [1.29, 1.82) is 0 Å². The highest BCUT2D eigenvalue weighted by Gasteiger charge is 2.22. The highest BCUT2D eigenvalue weighted by molar-refractivity contribution is 6.32. The van der Waals surface area contributed by atoms with Gasteiger partial charge in [-0.25, -0.2) is 0 Å². The van der Waals surface area contributed by atoms with E-state index >= 15 is 0 Å². The lowest BCUT2D eigenvalue weighted by molar-refractivity contribution is 0.142. The molecule has 2 atom stereocenters. The standard InChI is InChI=1S/C16H18ClNO3/c17-12-5-1-4-11-13(6-2-9-21-16(11)12)18-10-14(19)15-7-3-8-20-15/h1,3-5,7-8,13-14,18-19H,2,6,9-10H2. The number of aliphatic hydroxyl groups excluding tert-OH is 1. The van der Waals surface area contributed by atoms with Gasteiger partial charge in [0.25, 0.3) is 0 Å². The lowest BCUT2D eigenvalue weighted by atomic mass is 10.0. The molecule has 2 aromatic rings. The molecule has 0 saturated heterocycles. The lowest BCUT2D eigenvalue weighted by Gasteiger charge is -2.20. The van der Waals surface area contributed by atoms with Crippen molar-refractivity contribution >= 4 is 11.6 Å². The summed E-state index contributed by atoms with van der Waals surface area (Å²) in [4.78, 5) is 0. The molecule has 21 heavy (non-hydrogen) atoms. The molecule has 4 nitrogen and oxygen atoms in total.